The SMILES string of the molecule is COc1ccc2cccc(C(=O)c3ccc(Br)cc3)c2c1. The molecule has 0 atom stereocenters. The van der Waals surface area contributed by atoms with E-state index >= 15 is 0 Å². The van der Waals surface area contributed by atoms with Gasteiger partial charge >= 0.3 is 0 Å². The van der Waals surface area contributed by atoms with Crippen LogP contribution in [0.3, 0.4) is 0 Å². The molecule has 0 radical (unpaired) electrons. The molecule has 0 aromatic heterocycles. The first-order valence-electron chi connectivity index (χ1n) is 6.56. The van der Waals surface area contributed by atoms with Gasteiger partial charge in [-0.2, -0.15) is 0 Å². The maximum atomic E-state index is 12.7. The van der Waals surface area contributed by atoms with Crippen LogP contribution in [0.1, 0.15) is 15.9 Å². The van der Waals surface area contributed by atoms with Gasteiger partial charge in [-0.15, -0.1) is 0 Å². The quantitative estimate of drug-likeness (QED) is 0.637. The van der Waals surface area contributed by atoms with Gasteiger partial charge in [-0.25, -0.2) is 0 Å². The third kappa shape index (κ3) is 2.69. The Morgan fingerprint density at radius 3 is 2.48 bits per heavy atom. The summed E-state index contributed by atoms with van der Waals surface area (Å²) in [4.78, 5) is 12.7. The Balaban J connectivity index is 2.15. The summed E-state index contributed by atoms with van der Waals surface area (Å²) in [6.07, 6.45) is 0. The van der Waals surface area contributed by atoms with Gasteiger partial charge in [0.25, 0.3) is 0 Å². The Hall–Kier alpha value is -2.13. The van der Waals surface area contributed by atoms with Gasteiger partial charge in [0.05, 0.1) is 7.11 Å². The topological polar surface area (TPSA) is 26.3 Å². The summed E-state index contributed by atoms with van der Waals surface area (Å²) in [7, 11) is 1.63. The van der Waals surface area contributed by atoms with E-state index in [9.17, 15) is 4.79 Å². The van der Waals surface area contributed by atoms with Crippen LogP contribution in [-0.2, 0) is 0 Å². The van der Waals surface area contributed by atoms with E-state index in [1.165, 1.54) is 0 Å². The van der Waals surface area contributed by atoms with Crippen LogP contribution >= 0.6 is 15.9 Å². The van der Waals surface area contributed by atoms with Gasteiger partial charge in [0.1, 0.15) is 5.75 Å². The van der Waals surface area contributed by atoms with Gasteiger partial charge in [-0.1, -0.05) is 40.2 Å². The molecular formula is C18H13BrO2. The Morgan fingerprint density at radius 2 is 1.76 bits per heavy atom. The van der Waals surface area contributed by atoms with Crippen molar-refractivity contribution in [2.24, 2.45) is 0 Å². The number of halogens is 1. The average molecular weight is 341 g/mol. The molecule has 21 heavy (non-hydrogen) atoms. The number of carbonyl (C=O) groups is 1. The first-order chi connectivity index (χ1) is 10.2. The van der Waals surface area contributed by atoms with Crippen LogP contribution in [-0.4, -0.2) is 12.9 Å². The minimum Gasteiger partial charge on any atom is -0.497 e. The highest BCUT2D eigenvalue weighted by molar-refractivity contribution is 9.10. The number of ketones is 1. The van der Waals surface area contributed by atoms with Gasteiger partial charge in [0.15, 0.2) is 5.78 Å². The fourth-order valence-electron chi connectivity index (χ4n) is 2.33. The maximum absolute atomic E-state index is 12.7. The van der Waals surface area contributed by atoms with Crippen LogP contribution in [0.25, 0.3) is 10.8 Å². The molecule has 3 rings (SSSR count). The van der Waals surface area contributed by atoms with E-state index in [1.54, 1.807) is 7.11 Å². The molecule has 2 nitrogen and oxygen atoms in total. The van der Waals surface area contributed by atoms with Crippen LogP contribution < -0.4 is 4.74 Å². The number of fused-ring (bicyclic) bond motifs is 1. The van der Waals surface area contributed by atoms with E-state index in [-0.39, 0.29) is 5.78 Å². The minimum atomic E-state index is 0.0151. The van der Waals surface area contributed by atoms with Crippen molar-refractivity contribution >= 4 is 32.5 Å². The summed E-state index contributed by atoms with van der Waals surface area (Å²) in [5.41, 5.74) is 1.36. The highest BCUT2D eigenvalue weighted by atomic mass is 79.9. The average Bonchev–Trinajstić information content (AvgIpc) is 2.54. The molecule has 0 amide bonds. The zero-order chi connectivity index (χ0) is 14.8. The van der Waals surface area contributed by atoms with E-state index in [0.29, 0.717) is 11.1 Å². The van der Waals surface area contributed by atoms with Crippen molar-refractivity contribution in [1.82, 2.24) is 0 Å². The number of hydrogen-bond acceptors (Lipinski definition) is 2. The fraction of sp³-hybridized carbons (Fsp3) is 0.0556. The summed E-state index contributed by atoms with van der Waals surface area (Å²) < 4.78 is 6.22. The van der Waals surface area contributed by atoms with E-state index in [1.807, 2.05) is 60.7 Å². The van der Waals surface area contributed by atoms with Gasteiger partial charge in [0.2, 0.25) is 0 Å². The summed E-state index contributed by atoms with van der Waals surface area (Å²) >= 11 is 3.38. The molecule has 0 unspecified atom stereocenters. The molecule has 0 spiro atoms. The maximum Gasteiger partial charge on any atom is 0.193 e. The van der Waals surface area contributed by atoms with Crippen LogP contribution in [0.15, 0.2) is 65.1 Å². The summed E-state index contributed by atoms with van der Waals surface area (Å²) in [5.74, 6) is 0.764. The number of rotatable bonds is 3. The first kappa shape index (κ1) is 13.8. The lowest BCUT2D eigenvalue weighted by Crippen LogP contribution is -2.02. The predicted molar refractivity (Wildman–Crippen MR) is 88.1 cm³/mol. The predicted octanol–water partition coefficient (Wildman–Crippen LogP) is 4.84. The van der Waals surface area contributed by atoms with Crippen molar-refractivity contribution in [2.45, 2.75) is 0 Å². The lowest BCUT2D eigenvalue weighted by atomic mass is 9.97. The van der Waals surface area contributed by atoms with Crippen LogP contribution in [0.2, 0.25) is 0 Å². The standard InChI is InChI=1S/C18H13BrO2/c1-21-15-10-7-12-3-2-4-16(17(12)11-15)18(20)13-5-8-14(19)9-6-13/h2-11H,1H3. The summed E-state index contributed by atoms with van der Waals surface area (Å²) in [6, 6.07) is 18.9. The van der Waals surface area contributed by atoms with Crippen molar-refractivity contribution in [3.8, 4) is 5.75 Å². The Morgan fingerprint density at radius 1 is 1.00 bits per heavy atom. The normalized spacial score (nSPS) is 10.6. The molecule has 0 N–H and O–H groups in total. The molecule has 0 bridgehead atoms. The van der Waals surface area contributed by atoms with Gasteiger partial charge < -0.3 is 4.74 Å². The number of carbonyl (C=O) groups excluding carboxylic acids is 1. The van der Waals surface area contributed by atoms with Crippen molar-refractivity contribution in [3.05, 3.63) is 76.3 Å². The molecule has 0 aliphatic heterocycles. The number of hydrogen-bond donors (Lipinski definition) is 0. The second-order valence-corrected chi connectivity index (χ2v) is 5.64. The third-order valence-corrected chi connectivity index (χ3v) is 3.97. The van der Waals surface area contributed by atoms with Crippen LogP contribution in [0.5, 0.6) is 5.75 Å². The van der Waals surface area contributed by atoms with Gasteiger partial charge in [0, 0.05) is 15.6 Å². The van der Waals surface area contributed by atoms with E-state index in [4.69, 9.17) is 4.74 Å². The summed E-state index contributed by atoms with van der Waals surface area (Å²) in [5, 5.41) is 1.93. The Labute approximate surface area is 131 Å². The molecular weight excluding hydrogens is 328 g/mol. The molecule has 3 aromatic rings. The highest BCUT2D eigenvalue weighted by Crippen LogP contribution is 2.26. The van der Waals surface area contributed by atoms with Crippen molar-refractivity contribution < 1.29 is 9.53 Å². The van der Waals surface area contributed by atoms with E-state index < -0.39 is 0 Å². The largest absolute Gasteiger partial charge is 0.497 e. The van der Waals surface area contributed by atoms with Gasteiger partial charge in [-0.05, 0) is 47.2 Å². The fourth-order valence-corrected chi connectivity index (χ4v) is 2.60. The minimum absolute atomic E-state index is 0.0151. The Bertz CT molecular complexity index is 807. The third-order valence-electron chi connectivity index (χ3n) is 3.44. The second-order valence-electron chi connectivity index (χ2n) is 4.73. The monoisotopic (exact) mass is 340 g/mol. The smallest absolute Gasteiger partial charge is 0.193 e. The first-order valence-corrected chi connectivity index (χ1v) is 7.35. The molecule has 104 valence electrons. The lowest BCUT2D eigenvalue weighted by molar-refractivity contribution is 0.104. The molecule has 3 heteroatoms. The molecule has 0 saturated heterocycles. The van der Waals surface area contributed by atoms with Crippen molar-refractivity contribution in [3.63, 3.8) is 0 Å². The molecule has 0 fully saturated rings. The zero-order valence-electron chi connectivity index (χ0n) is 11.5. The van der Waals surface area contributed by atoms with E-state index in [2.05, 4.69) is 15.9 Å². The molecule has 0 aliphatic rings. The highest BCUT2D eigenvalue weighted by Gasteiger charge is 2.12. The number of benzene rings is 3. The molecule has 0 heterocycles. The van der Waals surface area contributed by atoms with E-state index in [0.717, 1.165) is 21.0 Å². The molecule has 0 saturated carbocycles. The number of ether oxygens (including phenoxy) is 1. The summed E-state index contributed by atoms with van der Waals surface area (Å²) in [6.45, 7) is 0. The van der Waals surface area contributed by atoms with Crippen LogP contribution in [0, 0.1) is 0 Å². The Kier molecular flexibility index (Phi) is 3.76. The van der Waals surface area contributed by atoms with Crippen LogP contribution in [0.4, 0.5) is 0 Å². The molecule has 3 aromatic carbocycles. The number of methoxy groups -OCH3 is 1. The van der Waals surface area contributed by atoms with Crippen molar-refractivity contribution in [1.29, 1.82) is 0 Å². The lowest BCUT2D eigenvalue weighted by Gasteiger charge is -2.08. The zero-order valence-corrected chi connectivity index (χ0v) is 13.1. The second kappa shape index (κ2) is 5.70. The van der Waals surface area contributed by atoms with Crippen molar-refractivity contribution in [2.75, 3.05) is 7.11 Å². The molecule has 0 aliphatic carbocycles. The van der Waals surface area contributed by atoms with Gasteiger partial charge in [-0.3, -0.25) is 4.79 Å².